The molecule has 0 aromatic heterocycles. The minimum Gasteiger partial charge on any atom is -0.442 e. The Bertz CT molecular complexity index is 1040. The fourth-order valence-electron chi connectivity index (χ4n) is 4.09. The molecule has 156 valence electrons. The number of hydrogen-bond acceptors (Lipinski definition) is 3. The molecular formula is C26H28N2OSi2. The summed E-state index contributed by atoms with van der Waals surface area (Å²) in [6.07, 6.45) is 0. The van der Waals surface area contributed by atoms with Gasteiger partial charge in [0.15, 0.2) is 0 Å². The quantitative estimate of drug-likeness (QED) is 0.358. The zero-order chi connectivity index (χ0) is 21.9. The van der Waals surface area contributed by atoms with Crippen molar-refractivity contribution < 1.29 is 4.12 Å². The highest BCUT2D eigenvalue weighted by Gasteiger charge is 2.44. The van der Waals surface area contributed by atoms with E-state index in [0.29, 0.717) is 0 Å². The van der Waals surface area contributed by atoms with Crippen LogP contribution >= 0.6 is 0 Å². The standard InChI is InChI=1S/C26H28N2OSi2/c1-30(23-9-5-3-6-10-23,25-17-13-21(27)14-18-25)29-31(2,24-11-7-4-8-12-24)26-19-15-22(28)16-20-26/h3-20H,27-28H2,1-2H3. The first-order chi connectivity index (χ1) is 14.9. The summed E-state index contributed by atoms with van der Waals surface area (Å²) in [5.74, 6) is 0. The summed E-state index contributed by atoms with van der Waals surface area (Å²) in [6.45, 7) is 4.58. The van der Waals surface area contributed by atoms with Crippen molar-refractivity contribution >= 4 is 48.8 Å². The van der Waals surface area contributed by atoms with Crippen molar-refractivity contribution in [2.75, 3.05) is 11.5 Å². The van der Waals surface area contributed by atoms with E-state index in [1.54, 1.807) is 0 Å². The zero-order valence-electron chi connectivity index (χ0n) is 18.0. The van der Waals surface area contributed by atoms with Gasteiger partial charge in [-0.05, 0) is 58.1 Å². The first kappa shape index (κ1) is 21.1. The molecule has 4 N–H and O–H groups in total. The molecule has 3 nitrogen and oxygen atoms in total. The van der Waals surface area contributed by atoms with Gasteiger partial charge < -0.3 is 15.6 Å². The van der Waals surface area contributed by atoms with E-state index in [2.05, 4.69) is 98.0 Å². The second kappa shape index (κ2) is 8.55. The maximum Gasteiger partial charge on any atom is 0.242 e. The summed E-state index contributed by atoms with van der Waals surface area (Å²) >= 11 is 0. The van der Waals surface area contributed by atoms with Gasteiger partial charge in [-0.3, -0.25) is 0 Å². The molecule has 0 saturated carbocycles. The fourth-order valence-corrected chi connectivity index (χ4v) is 13.2. The molecule has 5 heteroatoms. The summed E-state index contributed by atoms with van der Waals surface area (Å²) in [7, 11) is -5.13. The summed E-state index contributed by atoms with van der Waals surface area (Å²) in [5.41, 5.74) is 13.5. The van der Waals surface area contributed by atoms with Crippen LogP contribution in [0.15, 0.2) is 109 Å². The summed E-state index contributed by atoms with van der Waals surface area (Å²) in [4.78, 5) is 0. The van der Waals surface area contributed by atoms with E-state index in [1.165, 1.54) is 20.7 Å². The van der Waals surface area contributed by atoms with E-state index in [-0.39, 0.29) is 0 Å². The lowest BCUT2D eigenvalue weighted by Crippen LogP contribution is -2.70. The van der Waals surface area contributed by atoms with E-state index >= 15 is 0 Å². The van der Waals surface area contributed by atoms with Gasteiger partial charge in [-0.1, -0.05) is 84.9 Å². The Hall–Kier alpha value is -3.13. The van der Waals surface area contributed by atoms with Crippen LogP contribution in [0.1, 0.15) is 0 Å². The van der Waals surface area contributed by atoms with E-state index < -0.39 is 16.6 Å². The summed E-state index contributed by atoms with van der Waals surface area (Å²) < 4.78 is 7.45. The fraction of sp³-hybridized carbons (Fsp3) is 0.0769. The maximum absolute atomic E-state index is 7.45. The van der Waals surface area contributed by atoms with Gasteiger partial charge in [0.2, 0.25) is 16.6 Å². The van der Waals surface area contributed by atoms with Gasteiger partial charge in [0.05, 0.1) is 0 Å². The van der Waals surface area contributed by atoms with Crippen molar-refractivity contribution in [2.45, 2.75) is 13.1 Å². The molecule has 0 radical (unpaired) electrons. The first-order valence-electron chi connectivity index (χ1n) is 10.4. The lowest BCUT2D eigenvalue weighted by atomic mass is 10.3. The molecule has 4 rings (SSSR count). The van der Waals surface area contributed by atoms with Crippen LogP contribution in [0.3, 0.4) is 0 Å². The second-order valence-corrected chi connectivity index (χ2v) is 15.4. The Morgan fingerprint density at radius 2 is 0.742 bits per heavy atom. The molecular weight excluding hydrogens is 412 g/mol. The molecule has 0 aliphatic rings. The van der Waals surface area contributed by atoms with Gasteiger partial charge >= 0.3 is 0 Å². The van der Waals surface area contributed by atoms with Gasteiger partial charge in [0.25, 0.3) is 0 Å². The molecule has 0 heterocycles. The lowest BCUT2D eigenvalue weighted by Gasteiger charge is -2.39. The van der Waals surface area contributed by atoms with Gasteiger partial charge in [-0.15, -0.1) is 0 Å². The van der Waals surface area contributed by atoms with E-state index in [1.807, 2.05) is 24.3 Å². The molecule has 0 fully saturated rings. The number of hydrogen-bond donors (Lipinski definition) is 2. The number of anilines is 2. The average Bonchev–Trinajstić information content (AvgIpc) is 2.81. The molecule has 0 saturated heterocycles. The predicted octanol–water partition coefficient (Wildman–Crippen LogP) is 2.95. The van der Waals surface area contributed by atoms with Crippen molar-refractivity contribution in [3.8, 4) is 0 Å². The Balaban J connectivity index is 1.91. The molecule has 4 aromatic rings. The number of rotatable bonds is 6. The van der Waals surface area contributed by atoms with E-state index in [0.717, 1.165) is 11.4 Å². The van der Waals surface area contributed by atoms with Gasteiger partial charge in [0, 0.05) is 11.4 Å². The molecule has 31 heavy (non-hydrogen) atoms. The minimum atomic E-state index is -2.56. The lowest BCUT2D eigenvalue weighted by molar-refractivity contribution is 0.587. The summed E-state index contributed by atoms with van der Waals surface area (Å²) in [6, 6.07) is 37.6. The SMILES string of the molecule is C[Si](O[Si](C)(c1ccccc1)c1ccc(N)cc1)(c1ccccc1)c1ccc(N)cc1. The molecule has 0 spiro atoms. The van der Waals surface area contributed by atoms with Crippen LogP contribution in [0.4, 0.5) is 11.4 Å². The molecule has 0 aliphatic carbocycles. The van der Waals surface area contributed by atoms with Crippen LogP contribution in [0.25, 0.3) is 0 Å². The molecule has 0 bridgehead atoms. The molecule has 4 aromatic carbocycles. The Kier molecular flexibility index (Phi) is 5.82. The smallest absolute Gasteiger partial charge is 0.242 e. The van der Waals surface area contributed by atoms with Gasteiger partial charge in [-0.25, -0.2) is 0 Å². The molecule has 0 amide bonds. The Labute approximate surface area is 186 Å². The highest BCUT2D eigenvalue weighted by atomic mass is 28.4. The van der Waals surface area contributed by atoms with Crippen molar-refractivity contribution in [1.29, 1.82) is 0 Å². The Morgan fingerprint density at radius 3 is 1.06 bits per heavy atom. The normalized spacial score (nSPS) is 15.0. The molecule has 2 unspecified atom stereocenters. The Morgan fingerprint density at radius 1 is 0.452 bits per heavy atom. The summed E-state index contributed by atoms with van der Waals surface area (Å²) in [5, 5.41) is 4.89. The predicted molar refractivity (Wildman–Crippen MR) is 137 cm³/mol. The van der Waals surface area contributed by atoms with Crippen molar-refractivity contribution in [3.63, 3.8) is 0 Å². The topological polar surface area (TPSA) is 61.3 Å². The van der Waals surface area contributed by atoms with Crippen LogP contribution < -0.4 is 32.2 Å². The second-order valence-electron chi connectivity index (χ2n) is 8.14. The van der Waals surface area contributed by atoms with Crippen LogP contribution in [0, 0.1) is 0 Å². The zero-order valence-corrected chi connectivity index (χ0v) is 20.0. The van der Waals surface area contributed by atoms with Crippen LogP contribution in [-0.4, -0.2) is 16.6 Å². The van der Waals surface area contributed by atoms with Gasteiger partial charge in [-0.2, -0.15) is 0 Å². The van der Waals surface area contributed by atoms with E-state index in [4.69, 9.17) is 15.6 Å². The van der Waals surface area contributed by atoms with Crippen LogP contribution in [0.2, 0.25) is 13.1 Å². The number of benzene rings is 4. The molecule has 2 atom stereocenters. The molecule has 0 aliphatic heterocycles. The first-order valence-corrected chi connectivity index (χ1v) is 15.3. The largest absolute Gasteiger partial charge is 0.442 e. The van der Waals surface area contributed by atoms with Crippen molar-refractivity contribution in [3.05, 3.63) is 109 Å². The number of nitrogens with two attached hydrogens (primary N) is 2. The maximum atomic E-state index is 7.45. The van der Waals surface area contributed by atoms with Crippen molar-refractivity contribution in [2.24, 2.45) is 0 Å². The highest BCUT2D eigenvalue weighted by molar-refractivity contribution is 7.08. The third-order valence-electron chi connectivity index (χ3n) is 5.98. The monoisotopic (exact) mass is 440 g/mol. The van der Waals surface area contributed by atoms with Gasteiger partial charge in [0.1, 0.15) is 0 Å². The van der Waals surface area contributed by atoms with E-state index in [9.17, 15) is 0 Å². The highest BCUT2D eigenvalue weighted by Crippen LogP contribution is 2.18. The third-order valence-corrected chi connectivity index (χ3v) is 15.0. The number of nitrogen functional groups attached to an aromatic ring is 2. The van der Waals surface area contributed by atoms with Crippen LogP contribution in [-0.2, 0) is 4.12 Å². The van der Waals surface area contributed by atoms with Crippen LogP contribution in [0.5, 0.6) is 0 Å². The third kappa shape index (κ3) is 4.21. The average molecular weight is 441 g/mol. The minimum absolute atomic E-state index is 0.759. The van der Waals surface area contributed by atoms with Crippen molar-refractivity contribution in [1.82, 2.24) is 0 Å².